The van der Waals surface area contributed by atoms with Crippen LogP contribution in [0.2, 0.25) is 0 Å². The molecule has 0 saturated heterocycles. The Morgan fingerprint density at radius 2 is 2.06 bits per heavy atom. The largest absolute Gasteiger partial charge is 0.433 e. The van der Waals surface area contributed by atoms with E-state index in [1.807, 2.05) is 0 Å². The zero-order chi connectivity index (χ0) is 12.6. The van der Waals surface area contributed by atoms with E-state index in [1.165, 1.54) is 6.07 Å². The highest BCUT2D eigenvalue weighted by molar-refractivity contribution is 5.32. The Morgan fingerprint density at radius 3 is 2.59 bits per heavy atom. The normalized spacial score (nSPS) is 11.8. The topological polar surface area (TPSA) is 69.6 Å². The first-order valence-electron chi connectivity index (χ1n) is 4.60. The highest BCUT2D eigenvalue weighted by atomic mass is 19.4. The van der Waals surface area contributed by atoms with Crippen LogP contribution in [0, 0.1) is 6.92 Å². The number of nitrogens with two attached hydrogens (primary N) is 1. The van der Waals surface area contributed by atoms with Crippen molar-refractivity contribution in [1.82, 2.24) is 19.7 Å². The third kappa shape index (κ3) is 2.19. The van der Waals surface area contributed by atoms with Gasteiger partial charge in [0.15, 0.2) is 0 Å². The smallest absolute Gasteiger partial charge is 0.382 e. The second-order valence-corrected chi connectivity index (χ2v) is 3.36. The maximum atomic E-state index is 12.4. The molecule has 0 amide bonds. The average Bonchev–Trinajstić information content (AvgIpc) is 2.57. The van der Waals surface area contributed by atoms with Crippen LogP contribution in [0.3, 0.4) is 0 Å². The third-order valence-corrected chi connectivity index (χ3v) is 2.03. The molecule has 0 radical (unpaired) electrons. The Morgan fingerprint density at radius 1 is 1.35 bits per heavy atom. The third-order valence-electron chi connectivity index (χ3n) is 2.03. The SMILES string of the molecule is Cc1cc(N)nn1-c1nccc(C(F)(F)F)n1. The van der Waals surface area contributed by atoms with Crippen LogP contribution >= 0.6 is 0 Å². The average molecular weight is 243 g/mol. The summed E-state index contributed by atoms with van der Waals surface area (Å²) in [5.74, 6) is 0.0394. The Hall–Kier alpha value is -2.12. The van der Waals surface area contributed by atoms with Gasteiger partial charge >= 0.3 is 6.18 Å². The zero-order valence-corrected chi connectivity index (χ0v) is 8.73. The van der Waals surface area contributed by atoms with E-state index in [2.05, 4.69) is 15.1 Å². The van der Waals surface area contributed by atoms with E-state index in [0.717, 1.165) is 16.9 Å². The van der Waals surface area contributed by atoms with Gasteiger partial charge in [0.1, 0.15) is 11.5 Å². The van der Waals surface area contributed by atoms with Gasteiger partial charge in [-0.1, -0.05) is 0 Å². The first-order chi connectivity index (χ1) is 7.88. The van der Waals surface area contributed by atoms with Crippen LogP contribution in [0.25, 0.3) is 5.95 Å². The van der Waals surface area contributed by atoms with E-state index in [-0.39, 0.29) is 11.8 Å². The summed E-state index contributed by atoms with van der Waals surface area (Å²) >= 11 is 0. The summed E-state index contributed by atoms with van der Waals surface area (Å²) in [5, 5.41) is 3.81. The molecule has 0 aliphatic carbocycles. The molecule has 0 unspecified atom stereocenters. The summed E-state index contributed by atoms with van der Waals surface area (Å²) in [4.78, 5) is 7.13. The standard InChI is InChI=1S/C9H8F3N5/c1-5-4-7(13)16-17(5)8-14-3-2-6(15-8)9(10,11)12/h2-4H,1H3,(H2,13,16). The fraction of sp³-hybridized carbons (Fsp3) is 0.222. The first kappa shape index (κ1) is 11.4. The number of aromatic nitrogens is 4. The van der Waals surface area contributed by atoms with Crippen LogP contribution < -0.4 is 5.73 Å². The second-order valence-electron chi connectivity index (χ2n) is 3.36. The van der Waals surface area contributed by atoms with E-state index in [9.17, 15) is 13.2 Å². The van der Waals surface area contributed by atoms with Gasteiger partial charge in [0.2, 0.25) is 0 Å². The van der Waals surface area contributed by atoms with Gasteiger partial charge in [-0.2, -0.15) is 13.2 Å². The van der Waals surface area contributed by atoms with Gasteiger partial charge in [-0.05, 0) is 13.0 Å². The predicted molar refractivity (Wildman–Crippen MR) is 53.3 cm³/mol. The summed E-state index contributed by atoms with van der Waals surface area (Å²) in [6.45, 7) is 1.65. The van der Waals surface area contributed by atoms with Crippen molar-refractivity contribution < 1.29 is 13.2 Å². The lowest BCUT2D eigenvalue weighted by molar-refractivity contribution is -0.141. The number of nitrogen functional groups attached to an aromatic ring is 1. The summed E-state index contributed by atoms with van der Waals surface area (Å²) in [6, 6.07) is 2.31. The van der Waals surface area contributed by atoms with Crippen LogP contribution in [0.5, 0.6) is 0 Å². The van der Waals surface area contributed by atoms with Crippen molar-refractivity contribution in [3.63, 3.8) is 0 Å². The van der Waals surface area contributed by atoms with Crippen molar-refractivity contribution in [3.05, 3.63) is 29.7 Å². The van der Waals surface area contributed by atoms with Crippen LogP contribution in [-0.2, 0) is 6.18 Å². The van der Waals surface area contributed by atoms with E-state index >= 15 is 0 Å². The Balaban J connectivity index is 2.50. The molecular weight excluding hydrogens is 235 g/mol. The molecule has 8 heteroatoms. The second kappa shape index (κ2) is 3.72. The summed E-state index contributed by atoms with van der Waals surface area (Å²) < 4.78 is 38.5. The van der Waals surface area contributed by atoms with Gasteiger partial charge in [0.05, 0.1) is 0 Å². The Labute approximate surface area is 94.1 Å². The predicted octanol–water partition coefficient (Wildman–Crippen LogP) is 1.57. The number of halogens is 3. The molecule has 2 rings (SSSR count). The lowest BCUT2D eigenvalue weighted by atomic mass is 10.4. The molecular formula is C9H8F3N5. The van der Waals surface area contributed by atoms with Crippen molar-refractivity contribution in [2.75, 3.05) is 5.73 Å². The van der Waals surface area contributed by atoms with Crippen molar-refractivity contribution in [2.45, 2.75) is 13.1 Å². The molecule has 0 aliphatic heterocycles. The number of nitrogens with zero attached hydrogens (tertiary/aromatic N) is 4. The van der Waals surface area contributed by atoms with Gasteiger partial charge in [-0.15, -0.1) is 5.10 Å². The maximum absolute atomic E-state index is 12.4. The van der Waals surface area contributed by atoms with Crippen LogP contribution in [0.1, 0.15) is 11.4 Å². The minimum Gasteiger partial charge on any atom is -0.382 e. The molecule has 0 aliphatic rings. The summed E-state index contributed by atoms with van der Waals surface area (Å²) in [5.41, 5.74) is 4.97. The highest BCUT2D eigenvalue weighted by Crippen LogP contribution is 2.27. The molecule has 0 bridgehead atoms. The lowest BCUT2D eigenvalue weighted by Crippen LogP contribution is -2.12. The molecule has 0 atom stereocenters. The van der Waals surface area contributed by atoms with Crippen LogP contribution in [0.15, 0.2) is 18.3 Å². The molecule has 2 aromatic rings. The van der Waals surface area contributed by atoms with E-state index < -0.39 is 11.9 Å². The van der Waals surface area contributed by atoms with Gasteiger partial charge in [0, 0.05) is 18.0 Å². The molecule has 2 aromatic heterocycles. The molecule has 5 nitrogen and oxygen atoms in total. The van der Waals surface area contributed by atoms with E-state index in [4.69, 9.17) is 5.73 Å². The molecule has 17 heavy (non-hydrogen) atoms. The van der Waals surface area contributed by atoms with Crippen molar-refractivity contribution >= 4 is 5.82 Å². The molecule has 0 fully saturated rings. The molecule has 0 spiro atoms. The molecule has 0 aromatic carbocycles. The highest BCUT2D eigenvalue weighted by Gasteiger charge is 2.33. The number of hydrogen-bond acceptors (Lipinski definition) is 4. The van der Waals surface area contributed by atoms with Crippen molar-refractivity contribution in [3.8, 4) is 5.95 Å². The number of alkyl halides is 3. The fourth-order valence-corrected chi connectivity index (χ4v) is 1.31. The molecule has 2 N–H and O–H groups in total. The Kier molecular flexibility index (Phi) is 2.49. The van der Waals surface area contributed by atoms with Gasteiger partial charge in [-0.25, -0.2) is 14.6 Å². The van der Waals surface area contributed by atoms with Crippen molar-refractivity contribution in [2.24, 2.45) is 0 Å². The van der Waals surface area contributed by atoms with Gasteiger partial charge < -0.3 is 5.73 Å². The van der Waals surface area contributed by atoms with E-state index in [1.54, 1.807) is 6.92 Å². The minimum atomic E-state index is -4.51. The molecule has 90 valence electrons. The molecule has 2 heterocycles. The van der Waals surface area contributed by atoms with Gasteiger partial charge in [0.25, 0.3) is 5.95 Å². The number of aryl methyl sites for hydroxylation is 1. The first-order valence-corrected chi connectivity index (χ1v) is 4.60. The van der Waals surface area contributed by atoms with Crippen LogP contribution in [-0.4, -0.2) is 19.7 Å². The fourth-order valence-electron chi connectivity index (χ4n) is 1.31. The number of anilines is 1. The lowest BCUT2D eigenvalue weighted by Gasteiger charge is -2.07. The van der Waals surface area contributed by atoms with E-state index in [0.29, 0.717) is 5.69 Å². The monoisotopic (exact) mass is 243 g/mol. The Bertz CT molecular complexity index is 546. The van der Waals surface area contributed by atoms with Crippen LogP contribution in [0.4, 0.5) is 19.0 Å². The van der Waals surface area contributed by atoms with Crippen molar-refractivity contribution in [1.29, 1.82) is 0 Å². The summed E-state index contributed by atoms with van der Waals surface area (Å²) in [7, 11) is 0. The number of rotatable bonds is 1. The maximum Gasteiger partial charge on any atom is 0.433 e. The summed E-state index contributed by atoms with van der Waals surface area (Å²) in [6.07, 6.45) is -3.48. The number of hydrogen-bond donors (Lipinski definition) is 1. The molecule has 0 saturated carbocycles. The minimum absolute atomic E-state index is 0.158. The van der Waals surface area contributed by atoms with Gasteiger partial charge in [-0.3, -0.25) is 0 Å². The zero-order valence-electron chi connectivity index (χ0n) is 8.73. The quantitative estimate of drug-likeness (QED) is 0.825.